The van der Waals surface area contributed by atoms with Crippen molar-refractivity contribution in [1.82, 2.24) is 4.98 Å². The number of aryl methyl sites for hydroxylation is 2. The van der Waals surface area contributed by atoms with E-state index in [-0.39, 0.29) is 5.54 Å². The van der Waals surface area contributed by atoms with E-state index in [2.05, 4.69) is 30.7 Å². The second-order valence-corrected chi connectivity index (χ2v) is 5.33. The number of hydrogen-bond acceptors (Lipinski definition) is 4. The molecule has 0 unspecified atom stereocenters. The van der Waals surface area contributed by atoms with Crippen LogP contribution in [0, 0.1) is 13.8 Å². The largest absolute Gasteiger partial charge is 0.344 e. The van der Waals surface area contributed by atoms with Crippen molar-refractivity contribution in [3.8, 4) is 0 Å². The van der Waals surface area contributed by atoms with Crippen LogP contribution >= 0.6 is 11.3 Å². The second kappa shape index (κ2) is 2.69. The summed E-state index contributed by atoms with van der Waals surface area (Å²) in [4.78, 5) is 8.03. The summed E-state index contributed by atoms with van der Waals surface area (Å²) >= 11 is 1.76. The minimum Gasteiger partial charge on any atom is -0.344 e. The van der Waals surface area contributed by atoms with Crippen LogP contribution in [0.5, 0.6) is 0 Å². The van der Waals surface area contributed by atoms with Crippen LogP contribution in [0.2, 0.25) is 0 Å². The maximum absolute atomic E-state index is 5.93. The van der Waals surface area contributed by atoms with Gasteiger partial charge in [-0.3, -0.25) is 0 Å². The fourth-order valence-corrected chi connectivity index (χ4v) is 2.46. The SMILES string of the molecule is Cc1nc(N2CC(C)(N)C2)sc1C. The highest BCUT2D eigenvalue weighted by atomic mass is 32.1. The lowest BCUT2D eigenvalue weighted by Crippen LogP contribution is -2.65. The van der Waals surface area contributed by atoms with Crippen molar-refractivity contribution >= 4 is 16.5 Å². The summed E-state index contributed by atoms with van der Waals surface area (Å²) in [5.74, 6) is 0. The van der Waals surface area contributed by atoms with Crippen molar-refractivity contribution in [3.05, 3.63) is 10.6 Å². The first kappa shape index (κ1) is 8.97. The smallest absolute Gasteiger partial charge is 0.185 e. The molecule has 0 spiro atoms. The third-order valence-corrected chi connectivity index (χ3v) is 3.53. The minimum absolute atomic E-state index is 0.00647. The number of hydrogen-bond donors (Lipinski definition) is 1. The van der Waals surface area contributed by atoms with Crippen molar-refractivity contribution in [1.29, 1.82) is 0 Å². The highest BCUT2D eigenvalue weighted by molar-refractivity contribution is 7.15. The quantitative estimate of drug-likeness (QED) is 0.738. The molecule has 0 saturated carbocycles. The maximum Gasteiger partial charge on any atom is 0.185 e. The third-order valence-electron chi connectivity index (χ3n) is 2.39. The number of rotatable bonds is 1. The average molecular weight is 197 g/mol. The number of nitrogens with zero attached hydrogens (tertiary/aromatic N) is 2. The zero-order chi connectivity index (χ0) is 9.64. The van der Waals surface area contributed by atoms with Gasteiger partial charge in [0.15, 0.2) is 5.13 Å². The van der Waals surface area contributed by atoms with E-state index >= 15 is 0 Å². The van der Waals surface area contributed by atoms with Gasteiger partial charge in [0.2, 0.25) is 0 Å². The summed E-state index contributed by atoms with van der Waals surface area (Å²) in [5, 5.41) is 1.12. The van der Waals surface area contributed by atoms with Crippen LogP contribution in [0.25, 0.3) is 0 Å². The molecule has 0 amide bonds. The normalized spacial score (nSPS) is 20.2. The summed E-state index contributed by atoms with van der Waals surface area (Å²) in [6.07, 6.45) is 0. The fraction of sp³-hybridized carbons (Fsp3) is 0.667. The summed E-state index contributed by atoms with van der Waals surface area (Å²) in [7, 11) is 0. The lowest BCUT2D eigenvalue weighted by Gasteiger charge is -2.45. The van der Waals surface area contributed by atoms with Gasteiger partial charge in [-0.2, -0.15) is 0 Å². The average Bonchev–Trinajstić information content (AvgIpc) is 2.27. The van der Waals surface area contributed by atoms with Crippen LogP contribution in [-0.4, -0.2) is 23.6 Å². The second-order valence-electron chi connectivity index (χ2n) is 4.15. The molecule has 1 aliphatic heterocycles. The van der Waals surface area contributed by atoms with Gasteiger partial charge in [0.05, 0.1) is 5.69 Å². The summed E-state index contributed by atoms with van der Waals surface area (Å²) in [6, 6.07) is 0. The molecule has 72 valence electrons. The van der Waals surface area contributed by atoms with Crippen molar-refractivity contribution in [2.75, 3.05) is 18.0 Å². The molecular weight excluding hydrogens is 182 g/mol. The lowest BCUT2D eigenvalue weighted by atomic mass is 9.95. The Bertz CT molecular complexity index is 302. The number of thiazole rings is 1. The third kappa shape index (κ3) is 1.56. The highest BCUT2D eigenvalue weighted by Gasteiger charge is 2.36. The maximum atomic E-state index is 5.93. The molecule has 2 rings (SSSR count). The standard InChI is InChI=1S/C9H15N3S/c1-6-7(2)13-8(11-6)12-4-9(3,10)5-12/h4-5,10H2,1-3H3. The predicted octanol–water partition coefficient (Wildman–Crippen LogP) is 1.30. The minimum atomic E-state index is -0.00647. The number of aromatic nitrogens is 1. The molecule has 4 heteroatoms. The molecule has 0 aromatic carbocycles. The molecule has 0 bridgehead atoms. The molecule has 2 heterocycles. The van der Waals surface area contributed by atoms with Crippen LogP contribution in [-0.2, 0) is 0 Å². The van der Waals surface area contributed by atoms with Gasteiger partial charge in [0.1, 0.15) is 0 Å². The van der Waals surface area contributed by atoms with Gasteiger partial charge in [-0.15, -0.1) is 11.3 Å². The molecule has 2 N–H and O–H groups in total. The molecule has 0 atom stereocenters. The first-order valence-electron chi connectivity index (χ1n) is 4.46. The zero-order valence-electron chi connectivity index (χ0n) is 8.29. The molecule has 0 radical (unpaired) electrons. The van der Waals surface area contributed by atoms with E-state index in [1.165, 1.54) is 4.88 Å². The Morgan fingerprint density at radius 2 is 2.08 bits per heavy atom. The van der Waals surface area contributed by atoms with E-state index in [4.69, 9.17) is 5.73 Å². The molecule has 0 aliphatic carbocycles. The van der Waals surface area contributed by atoms with E-state index in [1.807, 2.05) is 0 Å². The van der Waals surface area contributed by atoms with Crippen LogP contribution in [0.15, 0.2) is 0 Å². The first-order valence-corrected chi connectivity index (χ1v) is 5.27. The van der Waals surface area contributed by atoms with Gasteiger partial charge in [-0.1, -0.05) is 0 Å². The Hall–Kier alpha value is -0.610. The Morgan fingerprint density at radius 3 is 2.46 bits per heavy atom. The number of anilines is 1. The van der Waals surface area contributed by atoms with Gasteiger partial charge in [-0.05, 0) is 20.8 Å². The first-order chi connectivity index (χ1) is 5.98. The monoisotopic (exact) mass is 197 g/mol. The van der Waals surface area contributed by atoms with E-state index in [0.29, 0.717) is 0 Å². The zero-order valence-corrected chi connectivity index (χ0v) is 9.11. The number of nitrogens with two attached hydrogens (primary N) is 1. The molecule has 1 fully saturated rings. The van der Waals surface area contributed by atoms with Crippen molar-refractivity contribution in [2.24, 2.45) is 5.73 Å². The van der Waals surface area contributed by atoms with Gasteiger partial charge >= 0.3 is 0 Å². The Labute approximate surface area is 82.6 Å². The van der Waals surface area contributed by atoms with E-state index < -0.39 is 0 Å². The Balaban J connectivity index is 2.12. The summed E-state index contributed by atoms with van der Waals surface area (Å²) in [5.41, 5.74) is 7.07. The van der Waals surface area contributed by atoms with Crippen LogP contribution in [0.3, 0.4) is 0 Å². The Kier molecular flexibility index (Phi) is 1.85. The van der Waals surface area contributed by atoms with Gasteiger partial charge in [0, 0.05) is 23.5 Å². The van der Waals surface area contributed by atoms with Crippen LogP contribution in [0.1, 0.15) is 17.5 Å². The van der Waals surface area contributed by atoms with Crippen LogP contribution < -0.4 is 10.6 Å². The molecular formula is C9H15N3S. The van der Waals surface area contributed by atoms with Gasteiger partial charge < -0.3 is 10.6 Å². The predicted molar refractivity (Wildman–Crippen MR) is 56.4 cm³/mol. The highest BCUT2D eigenvalue weighted by Crippen LogP contribution is 2.30. The van der Waals surface area contributed by atoms with Crippen LogP contribution in [0.4, 0.5) is 5.13 Å². The van der Waals surface area contributed by atoms with Crippen molar-refractivity contribution in [2.45, 2.75) is 26.3 Å². The topological polar surface area (TPSA) is 42.2 Å². The van der Waals surface area contributed by atoms with Gasteiger partial charge in [0.25, 0.3) is 0 Å². The molecule has 3 nitrogen and oxygen atoms in total. The van der Waals surface area contributed by atoms with E-state index in [0.717, 1.165) is 23.9 Å². The Morgan fingerprint density at radius 1 is 1.46 bits per heavy atom. The summed E-state index contributed by atoms with van der Waals surface area (Å²) in [6.45, 7) is 8.10. The van der Waals surface area contributed by atoms with Crippen molar-refractivity contribution < 1.29 is 0 Å². The molecule has 1 aliphatic rings. The lowest BCUT2D eigenvalue weighted by molar-refractivity contribution is 0.365. The molecule has 1 aromatic heterocycles. The molecule has 13 heavy (non-hydrogen) atoms. The van der Waals surface area contributed by atoms with Crippen molar-refractivity contribution in [3.63, 3.8) is 0 Å². The van der Waals surface area contributed by atoms with Gasteiger partial charge in [-0.25, -0.2) is 4.98 Å². The molecule has 1 aromatic rings. The summed E-state index contributed by atoms with van der Waals surface area (Å²) < 4.78 is 0. The fourth-order valence-electron chi connectivity index (χ4n) is 1.55. The van der Waals surface area contributed by atoms with E-state index in [9.17, 15) is 0 Å². The molecule has 1 saturated heterocycles. The van der Waals surface area contributed by atoms with E-state index in [1.54, 1.807) is 11.3 Å².